The van der Waals surface area contributed by atoms with Gasteiger partial charge in [-0.15, -0.1) is 11.3 Å². The van der Waals surface area contributed by atoms with Crippen molar-refractivity contribution in [2.45, 2.75) is 0 Å². The van der Waals surface area contributed by atoms with Crippen LogP contribution in [0.15, 0.2) is 11.6 Å². The van der Waals surface area contributed by atoms with E-state index in [9.17, 15) is 4.79 Å². The zero-order valence-corrected chi connectivity index (χ0v) is 10.6. The van der Waals surface area contributed by atoms with Crippen LogP contribution in [0.2, 0.25) is 0 Å². The number of carbonyl (C=O) groups excluding carboxylic acids is 1. The molecule has 1 aliphatic heterocycles. The van der Waals surface area contributed by atoms with Gasteiger partial charge in [0, 0.05) is 37.8 Å². The molecule has 0 bridgehead atoms. The van der Waals surface area contributed by atoms with Crippen molar-refractivity contribution < 1.29 is 4.79 Å². The number of hydrogen-bond donors (Lipinski definition) is 0. The maximum atomic E-state index is 11.4. The predicted molar refractivity (Wildman–Crippen MR) is 64.7 cm³/mol. The highest BCUT2D eigenvalue weighted by Crippen LogP contribution is 2.18. The van der Waals surface area contributed by atoms with Crippen molar-refractivity contribution in [3.8, 4) is 0 Å². The van der Waals surface area contributed by atoms with Crippen LogP contribution in [0.25, 0.3) is 0 Å². The summed E-state index contributed by atoms with van der Waals surface area (Å²) in [6.45, 7) is 3.35. The van der Waals surface area contributed by atoms with Crippen molar-refractivity contribution in [3.63, 3.8) is 0 Å². The summed E-state index contributed by atoms with van der Waals surface area (Å²) in [6, 6.07) is 0. The first-order chi connectivity index (χ1) is 7.31. The summed E-state index contributed by atoms with van der Waals surface area (Å²) in [5.41, 5.74) is 0. The molecule has 0 unspecified atom stereocenters. The minimum absolute atomic E-state index is 0.175. The number of nitrogens with zero attached hydrogens (tertiary/aromatic N) is 3. The van der Waals surface area contributed by atoms with E-state index in [1.807, 2.05) is 16.5 Å². The van der Waals surface area contributed by atoms with E-state index in [4.69, 9.17) is 0 Å². The SMILES string of the molecule is O=C(CBr)N1CCN(c2nccs2)CC1. The third kappa shape index (κ3) is 2.49. The molecule has 0 N–H and O–H groups in total. The van der Waals surface area contributed by atoms with E-state index in [1.165, 1.54) is 0 Å². The monoisotopic (exact) mass is 289 g/mol. The quantitative estimate of drug-likeness (QED) is 0.768. The Labute approximate surface area is 101 Å². The number of rotatable bonds is 2. The number of amides is 1. The number of thiazole rings is 1. The van der Waals surface area contributed by atoms with Gasteiger partial charge in [0.05, 0.1) is 5.33 Å². The fourth-order valence-corrected chi connectivity index (χ4v) is 2.66. The van der Waals surface area contributed by atoms with E-state index >= 15 is 0 Å². The van der Waals surface area contributed by atoms with Crippen LogP contribution < -0.4 is 4.90 Å². The van der Waals surface area contributed by atoms with Crippen LogP contribution in [0, 0.1) is 0 Å². The summed E-state index contributed by atoms with van der Waals surface area (Å²) in [5.74, 6) is 0.175. The van der Waals surface area contributed by atoms with Gasteiger partial charge in [-0.1, -0.05) is 15.9 Å². The summed E-state index contributed by atoms with van der Waals surface area (Å²) in [5, 5.41) is 3.45. The fourth-order valence-electron chi connectivity index (χ4n) is 1.60. The number of halogens is 1. The normalized spacial score (nSPS) is 16.9. The van der Waals surface area contributed by atoms with Gasteiger partial charge in [-0.3, -0.25) is 4.79 Å². The summed E-state index contributed by atoms with van der Waals surface area (Å²) in [7, 11) is 0. The minimum Gasteiger partial charge on any atom is -0.345 e. The van der Waals surface area contributed by atoms with Gasteiger partial charge in [0.1, 0.15) is 0 Å². The molecule has 1 fully saturated rings. The average molecular weight is 290 g/mol. The van der Waals surface area contributed by atoms with Crippen LogP contribution >= 0.6 is 27.3 Å². The fraction of sp³-hybridized carbons (Fsp3) is 0.556. The van der Waals surface area contributed by atoms with E-state index in [2.05, 4.69) is 25.8 Å². The van der Waals surface area contributed by atoms with Crippen LogP contribution in [-0.2, 0) is 4.79 Å². The summed E-state index contributed by atoms with van der Waals surface area (Å²) >= 11 is 4.84. The number of carbonyl (C=O) groups is 1. The first-order valence-electron chi connectivity index (χ1n) is 4.79. The molecule has 0 saturated carbocycles. The van der Waals surface area contributed by atoms with Crippen molar-refractivity contribution in [2.24, 2.45) is 0 Å². The van der Waals surface area contributed by atoms with Crippen molar-refractivity contribution in [1.82, 2.24) is 9.88 Å². The lowest BCUT2D eigenvalue weighted by Gasteiger charge is -2.34. The molecule has 2 heterocycles. The van der Waals surface area contributed by atoms with Gasteiger partial charge in [-0.25, -0.2) is 4.98 Å². The molecule has 1 aromatic rings. The molecule has 15 heavy (non-hydrogen) atoms. The minimum atomic E-state index is 0.175. The molecule has 1 saturated heterocycles. The maximum absolute atomic E-state index is 11.4. The third-order valence-electron chi connectivity index (χ3n) is 2.44. The molecule has 0 aliphatic carbocycles. The molecule has 6 heteroatoms. The van der Waals surface area contributed by atoms with Crippen LogP contribution in [0.4, 0.5) is 5.13 Å². The Bertz CT molecular complexity index is 322. The standard InChI is InChI=1S/C9H12BrN3OS/c10-7-8(14)12-2-4-13(5-3-12)9-11-1-6-15-9/h1,6H,2-5,7H2. The van der Waals surface area contributed by atoms with Gasteiger partial charge in [0.15, 0.2) is 5.13 Å². The second-order valence-electron chi connectivity index (χ2n) is 3.32. The lowest BCUT2D eigenvalue weighted by Crippen LogP contribution is -2.49. The average Bonchev–Trinajstić information content (AvgIpc) is 2.82. The number of aromatic nitrogens is 1. The van der Waals surface area contributed by atoms with Crippen LogP contribution in [-0.4, -0.2) is 47.3 Å². The van der Waals surface area contributed by atoms with E-state index < -0.39 is 0 Å². The van der Waals surface area contributed by atoms with Gasteiger partial charge in [-0.05, 0) is 0 Å². The molecule has 0 aromatic carbocycles. The first-order valence-corrected chi connectivity index (χ1v) is 6.79. The van der Waals surface area contributed by atoms with Gasteiger partial charge in [0.2, 0.25) is 5.91 Å². The summed E-state index contributed by atoms with van der Waals surface area (Å²) in [4.78, 5) is 19.8. The number of piperazine rings is 1. The molecule has 1 amide bonds. The van der Waals surface area contributed by atoms with Crippen molar-refractivity contribution in [2.75, 3.05) is 36.4 Å². The summed E-state index contributed by atoms with van der Waals surface area (Å²) in [6.07, 6.45) is 1.82. The highest BCUT2D eigenvalue weighted by Gasteiger charge is 2.21. The molecule has 1 aromatic heterocycles. The van der Waals surface area contributed by atoms with Gasteiger partial charge in [0.25, 0.3) is 0 Å². The molecular formula is C9H12BrN3OS. The van der Waals surface area contributed by atoms with Crippen LogP contribution in [0.1, 0.15) is 0 Å². The molecule has 4 nitrogen and oxygen atoms in total. The zero-order valence-electron chi connectivity index (χ0n) is 8.23. The highest BCUT2D eigenvalue weighted by atomic mass is 79.9. The topological polar surface area (TPSA) is 36.4 Å². The van der Waals surface area contributed by atoms with Gasteiger partial charge in [-0.2, -0.15) is 0 Å². The molecule has 2 rings (SSSR count). The first kappa shape index (κ1) is 10.9. The van der Waals surface area contributed by atoms with Gasteiger partial charge < -0.3 is 9.80 Å². The third-order valence-corrected chi connectivity index (χ3v) is 3.75. The lowest BCUT2D eigenvalue weighted by molar-refractivity contribution is -0.128. The van der Waals surface area contributed by atoms with Crippen molar-refractivity contribution in [1.29, 1.82) is 0 Å². The summed E-state index contributed by atoms with van der Waals surface area (Å²) < 4.78 is 0. The maximum Gasteiger partial charge on any atom is 0.233 e. The molecular weight excluding hydrogens is 278 g/mol. The smallest absolute Gasteiger partial charge is 0.233 e. The second kappa shape index (κ2) is 4.94. The Morgan fingerprint density at radius 1 is 1.47 bits per heavy atom. The van der Waals surface area contributed by atoms with E-state index in [0.29, 0.717) is 5.33 Å². The van der Waals surface area contributed by atoms with E-state index in [1.54, 1.807) is 11.3 Å². The number of alkyl halides is 1. The molecule has 0 radical (unpaired) electrons. The Hall–Kier alpha value is -0.620. The second-order valence-corrected chi connectivity index (χ2v) is 4.75. The van der Waals surface area contributed by atoms with Crippen molar-refractivity contribution in [3.05, 3.63) is 11.6 Å². The Kier molecular flexibility index (Phi) is 3.58. The predicted octanol–water partition coefficient (Wildman–Crippen LogP) is 1.19. The Morgan fingerprint density at radius 3 is 2.73 bits per heavy atom. The number of anilines is 1. The van der Waals surface area contributed by atoms with E-state index in [0.717, 1.165) is 31.3 Å². The van der Waals surface area contributed by atoms with Crippen LogP contribution in [0.5, 0.6) is 0 Å². The Morgan fingerprint density at radius 2 is 2.20 bits per heavy atom. The van der Waals surface area contributed by atoms with Crippen molar-refractivity contribution >= 4 is 38.3 Å². The Balaban J connectivity index is 1.90. The van der Waals surface area contributed by atoms with Crippen LogP contribution in [0.3, 0.4) is 0 Å². The van der Waals surface area contributed by atoms with Gasteiger partial charge >= 0.3 is 0 Å². The highest BCUT2D eigenvalue weighted by molar-refractivity contribution is 9.09. The molecule has 0 spiro atoms. The zero-order chi connectivity index (χ0) is 10.7. The lowest BCUT2D eigenvalue weighted by atomic mass is 10.3. The van der Waals surface area contributed by atoms with E-state index in [-0.39, 0.29) is 5.91 Å². The molecule has 82 valence electrons. The largest absolute Gasteiger partial charge is 0.345 e. The number of hydrogen-bond acceptors (Lipinski definition) is 4. The molecule has 1 aliphatic rings. The molecule has 0 atom stereocenters.